The van der Waals surface area contributed by atoms with Crippen LogP contribution in [0.15, 0.2) is 42.5 Å². The summed E-state index contributed by atoms with van der Waals surface area (Å²) in [5.74, 6) is 1.72. The van der Waals surface area contributed by atoms with Crippen LogP contribution in [0.4, 0.5) is 5.69 Å². The molecule has 2 aromatic carbocycles. The zero-order chi connectivity index (χ0) is 21.1. The minimum Gasteiger partial charge on any atom is -0.493 e. The van der Waals surface area contributed by atoms with Crippen LogP contribution in [0.5, 0.6) is 5.75 Å². The molecule has 31 heavy (non-hydrogen) atoms. The Kier molecular flexibility index (Phi) is 7.98. The van der Waals surface area contributed by atoms with Gasteiger partial charge in [0.25, 0.3) is 0 Å². The van der Waals surface area contributed by atoms with Crippen molar-refractivity contribution in [3.63, 3.8) is 0 Å². The van der Waals surface area contributed by atoms with Crippen LogP contribution in [0.3, 0.4) is 0 Å². The van der Waals surface area contributed by atoms with Crippen LogP contribution in [0.1, 0.15) is 42.4 Å². The lowest BCUT2D eigenvalue weighted by Crippen LogP contribution is -2.56. The molecule has 0 radical (unpaired) electrons. The predicted octanol–water partition coefficient (Wildman–Crippen LogP) is 4.57. The standard InChI is InChI=1S/C25H33N3O2.ClH/c1-19-7-6-8-20(2)25(19)28(21(3)29)27-16-14-26(15-17-27)13-11-22-12-18-30-24-10-5-4-9-23(22)24;/h4-10,22H,11-18H2,1-3H3;1H. The number of nitrogens with zero attached hydrogens (tertiary/aromatic N) is 3. The number of hydrogen-bond donors (Lipinski definition) is 0. The van der Waals surface area contributed by atoms with E-state index >= 15 is 0 Å². The SMILES string of the molecule is CC(=O)N(c1c(C)cccc1C)N1CCN(CCC2CCOc3ccccc32)CC1.Cl. The van der Waals surface area contributed by atoms with Gasteiger partial charge in [-0.1, -0.05) is 36.4 Å². The third kappa shape index (κ3) is 5.22. The first-order valence-electron chi connectivity index (χ1n) is 11.1. The average molecular weight is 444 g/mol. The van der Waals surface area contributed by atoms with Crippen molar-refractivity contribution in [2.45, 2.75) is 39.5 Å². The molecular weight excluding hydrogens is 410 g/mol. The Morgan fingerprint density at radius 1 is 1.03 bits per heavy atom. The second kappa shape index (κ2) is 10.5. The minimum absolute atomic E-state index is 0. The minimum atomic E-state index is 0. The van der Waals surface area contributed by atoms with Crippen LogP contribution < -0.4 is 9.75 Å². The van der Waals surface area contributed by atoms with E-state index in [9.17, 15) is 4.79 Å². The molecule has 1 saturated heterocycles. The lowest BCUT2D eigenvalue weighted by molar-refractivity contribution is -0.120. The molecule has 4 rings (SSSR count). The molecule has 0 aromatic heterocycles. The maximum Gasteiger partial charge on any atom is 0.238 e. The maximum atomic E-state index is 12.5. The van der Waals surface area contributed by atoms with E-state index in [2.05, 4.69) is 66.2 Å². The normalized spacial score (nSPS) is 19.1. The summed E-state index contributed by atoms with van der Waals surface area (Å²) in [4.78, 5) is 15.1. The number of fused-ring (bicyclic) bond motifs is 1. The number of hydrogen-bond acceptors (Lipinski definition) is 4. The Morgan fingerprint density at radius 3 is 2.39 bits per heavy atom. The number of carbonyl (C=O) groups is 1. The van der Waals surface area contributed by atoms with Crippen molar-refractivity contribution in [1.82, 2.24) is 9.91 Å². The molecule has 0 saturated carbocycles. The monoisotopic (exact) mass is 443 g/mol. The molecular formula is C25H34ClN3O2. The molecule has 168 valence electrons. The van der Waals surface area contributed by atoms with Gasteiger partial charge in [0.05, 0.1) is 12.3 Å². The third-order valence-corrected chi connectivity index (χ3v) is 6.46. The van der Waals surface area contributed by atoms with Gasteiger partial charge in [-0.05, 0) is 61.9 Å². The van der Waals surface area contributed by atoms with E-state index in [0.29, 0.717) is 5.92 Å². The summed E-state index contributed by atoms with van der Waals surface area (Å²) in [6.45, 7) is 11.5. The molecule has 1 atom stereocenters. The Balaban J connectivity index is 0.00000272. The van der Waals surface area contributed by atoms with Crippen LogP contribution in [-0.4, -0.2) is 55.1 Å². The van der Waals surface area contributed by atoms with Crippen LogP contribution in [0.2, 0.25) is 0 Å². The van der Waals surface area contributed by atoms with Gasteiger partial charge in [0.2, 0.25) is 5.91 Å². The fourth-order valence-corrected chi connectivity index (χ4v) is 4.85. The van der Waals surface area contributed by atoms with Crippen molar-refractivity contribution in [3.05, 3.63) is 59.2 Å². The van der Waals surface area contributed by atoms with E-state index in [-0.39, 0.29) is 18.3 Å². The number of piperazine rings is 1. The molecule has 6 heteroatoms. The van der Waals surface area contributed by atoms with Crippen molar-refractivity contribution in [1.29, 1.82) is 0 Å². The molecule has 2 aliphatic heterocycles. The zero-order valence-electron chi connectivity index (χ0n) is 18.8. The number of amides is 1. The van der Waals surface area contributed by atoms with Gasteiger partial charge >= 0.3 is 0 Å². The highest BCUT2D eigenvalue weighted by atomic mass is 35.5. The topological polar surface area (TPSA) is 36.0 Å². The first-order chi connectivity index (χ1) is 14.5. The highest BCUT2D eigenvalue weighted by Crippen LogP contribution is 2.35. The summed E-state index contributed by atoms with van der Waals surface area (Å²) in [5, 5.41) is 4.12. The van der Waals surface area contributed by atoms with E-state index in [1.807, 2.05) is 5.01 Å². The number of carbonyl (C=O) groups excluding carboxylic acids is 1. The highest BCUT2D eigenvalue weighted by Gasteiger charge is 2.28. The lowest BCUT2D eigenvalue weighted by Gasteiger charge is -2.42. The average Bonchev–Trinajstić information content (AvgIpc) is 2.75. The van der Waals surface area contributed by atoms with Crippen LogP contribution in [0.25, 0.3) is 0 Å². The molecule has 2 heterocycles. The number of rotatable bonds is 5. The van der Waals surface area contributed by atoms with E-state index in [4.69, 9.17) is 4.74 Å². The van der Waals surface area contributed by atoms with Crippen LogP contribution in [0, 0.1) is 13.8 Å². The second-order valence-electron chi connectivity index (χ2n) is 8.53. The number of benzene rings is 2. The van der Waals surface area contributed by atoms with Crippen LogP contribution in [-0.2, 0) is 4.79 Å². The highest BCUT2D eigenvalue weighted by molar-refractivity contribution is 5.92. The number of aryl methyl sites for hydroxylation is 2. The molecule has 0 aliphatic carbocycles. The van der Waals surface area contributed by atoms with Crippen LogP contribution >= 0.6 is 12.4 Å². The number of halogens is 1. The first kappa shape index (κ1) is 23.6. The Bertz CT molecular complexity index is 876. The summed E-state index contributed by atoms with van der Waals surface area (Å²) in [7, 11) is 0. The summed E-state index contributed by atoms with van der Waals surface area (Å²) < 4.78 is 5.81. The molecule has 1 fully saturated rings. The third-order valence-electron chi connectivity index (χ3n) is 6.46. The molecule has 0 N–H and O–H groups in total. The molecule has 0 spiro atoms. The predicted molar refractivity (Wildman–Crippen MR) is 128 cm³/mol. The quantitative estimate of drug-likeness (QED) is 0.678. The van der Waals surface area contributed by atoms with Gasteiger partial charge in [0.1, 0.15) is 5.75 Å². The molecule has 5 nitrogen and oxygen atoms in total. The van der Waals surface area contributed by atoms with E-state index in [1.165, 1.54) is 5.56 Å². The first-order valence-corrected chi connectivity index (χ1v) is 11.1. The van der Waals surface area contributed by atoms with E-state index in [1.54, 1.807) is 6.92 Å². The zero-order valence-corrected chi connectivity index (χ0v) is 19.7. The fraction of sp³-hybridized carbons (Fsp3) is 0.480. The van der Waals surface area contributed by atoms with Gasteiger partial charge in [-0.3, -0.25) is 4.79 Å². The van der Waals surface area contributed by atoms with Crippen molar-refractivity contribution >= 4 is 24.0 Å². The summed E-state index contributed by atoms with van der Waals surface area (Å²) in [5.41, 5.74) is 4.69. The molecule has 0 bridgehead atoms. The van der Waals surface area contributed by atoms with E-state index in [0.717, 1.165) is 74.7 Å². The van der Waals surface area contributed by atoms with Crippen molar-refractivity contribution in [2.75, 3.05) is 44.3 Å². The molecule has 2 aromatic rings. The largest absolute Gasteiger partial charge is 0.493 e. The Morgan fingerprint density at radius 2 is 1.71 bits per heavy atom. The second-order valence-corrected chi connectivity index (χ2v) is 8.53. The number of ether oxygens (including phenoxy) is 1. The summed E-state index contributed by atoms with van der Waals surface area (Å²) >= 11 is 0. The number of hydrazine groups is 1. The van der Waals surface area contributed by atoms with Gasteiger partial charge in [-0.15, -0.1) is 12.4 Å². The molecule has 2 aliphatic rings. The van der Waals surface area contributed by atoms with Gasteiger partial charge in [0.15, 0.2) is 0 Å². The maximum absolute atomic E-state index is 12.5. The van der Waals surface area contributed by atoms with Gasteiger partial charge in [-0.2, -0.15) is 0 Å². The van der Waals surface area contributed by atoms with Crippen molar-refractivity contribution in [2.24, 2.45) is 0 Å². The summed E-state index contributed by atoms with van der Waals surface area (Å²) in [6.07, 6.45) is 2.26. The lowest BCUT2D eigenvalue weighted by atomic mass is 9.90. The van der Waals surface area contributed by atoms with Crippen molar-refractivity contribution in [3.8, 4) is 5.75 Å². The van der Waals surface area contributed by atoms with E-state index < -0.39 is 0 Å². The van der Waals surface area contributed by atoms with Gasteiger partial charge < -0.3 is 9.64 Å². The van der Waals surface area contributed by atoms with Gasteiger partial charge in [0, 0.05) is 33.1 Å². The van der Waals surface area contributed by atoms with Crippen molar-refractivity contribution < 1.29 is 9.53 Å². The molecule has 1 amide bonds. The smallest absolute Gasteiger partial charge is 0.238 e. The fourth-order valence-electron chi connectivity index (χ4n) is 4.85. The Hall–Kier alpha value is -2.08. The number of para-hydroxylation sites is 2. The Labute approximate surface area is 192 Å². The number of anilines is 1. The van der Waals surface area contributed by atoms with Gasteiger partial charge in [-0.25, -0.2) is 10.0 Å². The molecule has 1 unspecified atom stereocenters. The summed E-state index contributed by atoms with van der Waals surface area (Å²) in [6, 6.07) is 14.7.